The third-order valence-corrected chi connectivity index (χ3v) is 5.27. The highest BCUT2D eigenvalue weighted by molar-refractivity contribution is 6.30. The number of hydrogen-bond acceptors (Lipinski definition) is 3. The third-order valence-electron chi connectivity index (χ3n) is 4.98. The number of hydrogen-bond donors (Lipinski definition) is 2. The van der Waals surface area contributed by atoms with Crippen LogP contribution >= 0.6 is 11.6 Å². The van der Waals surface area contributed by atoms with Crippen molar-refractivity contribution in [2.45, 2.75) is 32.2 Å². The molecule has 152 valence electrons. The number of carbonyl (C=O) groups is 1. The molecule has 3 rings (SSSR count). The zero-order valence-electron chi connectivity index (χ0n) is 15.9. The molecule has 0 saturated carbocycles. The Kier molecular flexibility index (Phi) is 6.35. The molecule has 1 aromatic heterocycles. The number of halogens is 2. The predicted octanol–water partition coefficient (Wildman–Crippen LogP) is 4.42. The fourth-order valence-electron chi connectivity index (χ4n) is 3.52. The number of pyridine rings is 1. The van der Waals surface area contributed by atoms with Gasteiger partial charge in [-0.15, -0.1) is 0 Å². The normalized spacial score (nSPS) is 12.3. The molecule has 0 radical (unpaired) electrons. The van der Waals surface area contributed by atoms with Crippen LogP contribution in [0.1, 0.15) is 47.3 Å². The number of carboxylic acid groups (broad SMARTS) is 1. The molecular formula is C22H21ClFNO4. The van der Waals surface area contributed by atoms with E-state index in [0.29, 0.717) is 23.1 Å². The maximum atomic E-state index is 14.2. The topological polar surface area (TPSA) is 79.5 Å². The van der Waals surface area contributed by atoms with Crippen LogP contribution in [0.25, 0.3) is 10.9 Å². The molecule has 0 amide bonds. The quantitative estimate of drug-likeness (QED) is 0.596. The molecule has 1 atom stereocenters. The number of aliphatic hydroxyl groups excluding tert-OH is 1. The Labute approximate surface area is 172 Å². The molecule has 0 aliphatic heterocycles. The van der Waals surface area contributed by atoms with E-state index in [1.54, 1.807) is 34.9 Å². The van der Waals surface area contributed by atoms with Crippen LogP contribution in [0.5, 0.6) is 0 Å². The van der Waals surface area contributed by atoms with Crippen LogP contribution < -0.4 is 5.43 Å². The number of rotatable bonds is 7. The predicted molar refractivity (Wildman–Crippen MR) is 110 cm³/mol. The molecule has 0 spiro atoms. The molecule has 0 fully saturated rings. The van der Waals surface area contributed by atoms with Gasteiger partial charge < -0.3 is 14.8 Å². The van der Waals surface area contributed by atoms with E-state index in [9.17, 15) is 24.2 Å². The number of carboxylic acids is 1. The molecule has 2 aromatic carbocycles. The van der Waals surface area contributed by atoms with Crippen molar-refractivity contribution in [3.63, 3.8) is 0 Å². The van der Waals surface area contributed by atoms with Crippen molar-refractivity contribution in [3.05, 3.63) is 80.3 Å². The second-order valence-electron chi connectivity index (χ2n) is 6.95. The summed E-state index contributed by atoms with van der Waals surface area (Å²) in [6.45, 7) is 1.78. The van der Waals surface area contributed by atoms with Gasteiger partial charge in [0.25, 0.3) is 0 Å². The van der Waals surface area contributed by atoms with Gasteiger partial charge in [-0.25, -0.2) is 9.18 Å². The Bertz CT molecular complexity index is 1130. The number of aromatic nitrogens is 1. The monoisotopic (exact) mass is 417 g/mol. The van der Waals surface area contributed by atoms with Crippen molar-refractivity contribution in [1.82, 2.24) is 4.57 Å². The first-order chi connectivity index (χ1) is 13.9. The van der Waals surface area contributed by atoms with E-state index in [4.69, 9.17) is 11.6 Å². The van der Waals surface area contributed by atoms with E-state index in [1.807, 2.05) is 6.92 Å². The van der Waals surface area contributed by atoms with E-state index in [0.717, 1.165) is 6.42 Å². The SMILES string of the molecule is CCCC(CO)n1cc(C(=O)O)c(=O)c2cc(Cc3cccc(Cl)c3F)ccc21. The molecule has 5 nitrogen and oxygen atoms in total. The first-order valence-electron chi connectivity index (χ1n) is 9.32. The first-order valence-corrected chi connectivity index (χ1v) is 9.70. The number of fused-ring (bicyclic) bond motifs is 1. The minimum Gasteiger partial charge on any atom is -0.477 e. The molecule has 29 heavy (non-hydrogen) atoms. The van der Waals surface area contributed by atoms with Crippen LogP contribution in [0.4, 0.5) is 4.39 Å². The zero-order valence-corrected chi connectivity index (χ0v) is 16.6. The van der Waals surface area contributed by atoms with Gasteiger partial charge in [-0.05, 0) is 35.7 Å². The molecule has 0 aliphatic carbocycles. The Morgan fingerprint density at radius 2 is 2.03 bits per heavy atom. The molecule has 7 heteroatoms. The summed E-state index contributed by atoms with van der Waals surface area (Å²) in [7, 11) is 0. The number of aliphatic hydroxyl groups is 1. The fourth-order valence-corrected chi connectivity index (χ4v) is 3.72. The van der Waals surface area contributed by atoms with E-state index in [1.165, 1.54) is 12.3 Å². The van der Waals surface area contributed by atoms with Crippen LogP contribution in [0.3, 0.4) is 0 Å². The van der Waals surface area contributed by atoms with Crippen LogP contribution in [-0.4, -0.2) is 27.4 Å². The van der Waals surface area contributed by atoms with Crippen molar-refractivity contribution in [2.24, 2.45) is 0 Å². The molecule has 1 unspecified atom stereocenters. The van der Waals surface area contributed by atoms with Gasteiger partial charge in [-0.3, -0.25) is 4.79 Å². The van der Waals surface area contributed by atoms with Crippen molar-refractivity contribution in [1.29, 1.82) is 0 Å². The lowest BCUT2D eigenvalue weighted by molar-refractivity contribution is 0.0694. The van der Waals surface area contributed by atoms with Gasteiger partial charge in [0.1, 0.15) is 11.4 Å². The average Bonchev–Trinajstić information content (AvgIpc) is 2.70. The van der Waals surface area contributed by atoms with E-state index >= 15 is 0 Å². The Balaban J connectivity index is 2.18. The van der Waals surface area contributed by atoms with Gasteiger partial charge in [-0.1, -0.05) is 43.1 Å². The molecular weight excluding hydrogens is 397 g/mol. The van der Waals surface area contributed by atoms with Crippen molar-refractivity contribution in [2.75, 3.05) is 6.61 Å². The lowest BCUT2D eigenvalue weighted by Crippen LogP contribution is -2.22. The third kappa shape index (κ3) is 4.18. The van der Waals surface area contributed by atoms with E-state index in [-0.39, 0.29) is 35.0 Å². The molecule has 0 saturated heterocycles. The van der Waals surface area contributed by atoms with Crippen molar-refractivity contribution < 1.29 is 19.4 Å². The summed E-state index contributed by atoms with van der Waals surface area (Å²) >= 11 is 5.84. The minimum absolute atomic E-state index is 0.0177. The maximum Gasteiger partial charge on any atom is 0.341 e. The number of nitrogens with zero attached hydrogens (tertiary/aromatic N) is 1. The lowest BCUT2D eigenvalue weighted by atomic mass is 10.0. The largest absolute Gasteiger partial charge is 0.477 e. The summed E-state index contributed by atoms with van der Waals surface area (Å²) in [6, 6.07) is 9.42. The highest BCUT2D eigenvalue weighted by Gasteiger charge is 2.19. The van der Waals surface area contributed by atoms with Crippen LogP contribution in [0.2, 0.25) is 5.02 Å². The van der Waals surface area contributed by atoms with Crippen LogP contribution in [0, 0.1) is 5.82 Å². The van der Waals surface area contributed by atoms with Gasteiger partial charge >= 0.3 is 5.97 Å². The fraction of sp³-hybridized carbons (Fsp3) is 0.273. The lowest BCUT2D eigenvalue weighted by Gasteiger charge is -2.21. The number of benzene rings is 2. The summed E-state index contributed by atoms with van der Waals surface area (Å²) in [6.07, 6.45) is 2.91. The van der Waals surface area contributed by atoms with E-state index in [2.05, 4.69) is 0 Å². The summed E-state index contributed by atoms with van der Waals surface area (Å²) < 4.78 is 15.9. The van der Waals surface area contributed by atoms with Gasteiger partial charge in [0.2, 0.25) is 5.43 Å². The Morgan fingerprint density at radius 3 is 2.69 bits per heavy atom. The van der Waals surface area contributed by atoms with Gasteiger partial charge in [0.15, 0.2) is 0 Å². The minimum atomic E-state index is -1.33. The average molecular weight is 418 g/mol. The molecule has 0 aliphatic rings. The van der Waals surface area contributed by atoms with Gasteiger partial charge in [0.05, 0.1) is 23.2 Å². The smallest absolute Gasteiger partial charge is 0.341 e. The molecule has 0 bridgehead atoms. The summed E-state index contributed by atoms with van der Waals surface area (Å²) in [5, 5.41) is 19.5. The summed E-state index contributed by atoms with van der Waals surface area (Å²) in [5.41, 5.74) is 0.595. The maximum absolute atomic E-state index is 14.2. The second-order valence-corrected chi connectivity index (χ2v) is 7.36. The van der Waals surface area contributed by atoms with Crippen LogP contribution in [0.15, 0.2) is 47.4 Å². The summed E-state index contributed by atoms with van der Waals surface area (Å²) in [4.78, 5) is 24.4. The highest BCUT2D eigenvalue weighted by Crippen LogP contribution is 2.25. The second kappa shape index (κ2) is 8.76. The molecule has 1 heterocycles. The van der Waals surface area contributed by atoms with Gasteiger partial charge in [-0.2, -0.15) is 0 Å². The zero-order chi connectivity index (χ0) is 21.1. The molecule has 2 N–H and O–H groups in total. The van der Waals surface area contributed by atoms with Crippen LogP contribution in [-0.2, 0) is 6.42 Å². The number of aromatic carboxylic acids is 1. The van der Waals surface area contributed by atoms with Crippen molar-refractivity contribution in [3.8, 4) is 0 Å². The standard InChI is InChI=1S/C22H21ClFNO4/c1-2-4-15(12-26)25-11-17(22(28)29)21(27)16-10-13(7-8-19(16)25)9-14-5-3-6-18(23)20(14)24/h3,5-8,10-11,15,26H,2,4,9,12H2,1H3,(H,28,29). The highest BCUT2D eigenvalue weighted by atomic mass is 35.5. The van der Waals surface area contributed by atoms with Gasteiger partial charge in [0, 0.05) is 18.0 Å². The molecule has 3 aromatic rings. The van der Waals surface area contributed by atoms with Crippen molar-refractivity contribution >= 4 is 28.5 Å². The Morgan fingerprint density at radius 1 is 1.28 bits per heavy atom. The Hall–Kier alpha value is -2.70. The van der Waals surface area contributed by atoms with E-state index < -0.39 is 17.2 Å². The summed E-state index contributed by atoms with van der Waals surface area (Å²) in [5.74, 6) is -1.85. The first kappa shape index (κ1) is 21.0.